The maximum Gasteiger partial charge on any atom is 0.270 e. The number of hydrogen-bond donors (Lipinski definition) is 0. The van der Waals surface area contributed by atoms with Crippen molar-refractivity contribution in [1.29, 1.82) is 0 Å². The van der Waals surface area contributed by atoms with Gasteiger partial charge in [-0.25, -0.2) is 0 Å². The molecule has 34 heavy (non-hydrogen) atoms. The van der Waals surface area contributed by atoms with Crippen LogP contribution < -0.4 is 9.64 Å². The lowest BCUT2D eigenvalue weighted by Gasteiger charge is -2.15. The molecule has 4 aromatic rings. The molecule has 168 valence electrons. The second-order valence-corrected chi connectivity index (χ2v) is 10.5. The van der Waals surface area contributed by atoms with Crippen LogP contribution in [0.4, 0.5) is 5.69 Å². The molecule has 0 aromatic heterocycles. The summed E-state index contributed by atoms with van der Waals surface area (Å²) in [5, 5.41) is 2.59. The quantitative estimate of drug-likeness (QED) is 0.180. The summed E-state index contributed by atoms with van der Waals surface area (Å²) in [6.07, 6.45) is 1.88. The van der Waals surface area contributed by atoms with Gasteiger partial charge in [-0.15, -0.1) is 0 Å². The van der Waals surface area contributed by atoms with Crippen LogP contribution in [0.3, 0.4) is 0 Å². The van der Waals surface area contributed by atoms with E-state index in [1.54, 1.807) is 12.1 Å². The first-order valence-corrected chi connectivity index (χ1v) is 12.8. The number of amides is 1. The van der Waals surface area contributed by atoms with E-state index >= 15 is 0 Å². The molecular formula is C27H17BrClNO2S2. The number of carbonyl (C=O) groups is 1. The number of fused-ring (bicyclic) bond motifs is 1. The van der Waals surface area contributed by atoms with Gasteiger partial charge in [0.25, 0.3) is 5.91 Å². The minimum atomic E-state index is -0.185. The van der Waals surface area contributed by atoms with Gasteiger partial charge in [0.2, 0.25) is 0 Å². The zero-order valence-corrected chi connectivity index (χ0v) is 21.7. The molecule has 0 radical (unpaired) electrons. The average Bonchev–Trinajstić information content (AvgIpc) is 3.13. The molecule has 3 nitrogen and oxygen atoms in total. The van der Waals surface area contributed by atoms with E-state index in [4.69, 9.17) is 28.6 Å². The van der Waals surface area contributed by atoms with Crippen molar-refractivity contribution in [3.63, 3.8) is 0 Å². The molecule has 0 N–H and O–H groups in total. The van der Waals surface area contributed by atoms with Gasteiger partial charge in [-0.3, -0.25) is 9.69 Å². The van der Waals surface area contributed by atoms with Crippen LogP contribution in [-0.2, 0) is 11.4 Å². The normalized spacial score (nSPS) is 14.9. The number of rotatable bonds is 5. The summed E-state index contributed by atoms with van der Waals surface area (Å²) in [5.41, 5.74) is 2.56. The van der Waals surface area contributed by atoms with Crippen LogP contribution in [0.15, 0.2) is 94.3 Å². The number of hydrogen-bond acceptors (Lipinski definition) is 4. The van der Waals surface area contributed by atoms with Crippen LogP contribution in [0.2, 0.25) is 5.02 Å². The van der Waals surface area contributed by atoms with Crippen molar-refractivity contribution in [3.8, 4) is 5.75 Å². The highest BCUT2D eigenvalue weighted by atomic mass is 79.9. The molecule has 0 aliphatic carbocycles. The number of halogens is 2. The van der Waals surface area contributed by atoms with Crippen molar-refractivity contribution in [1.82, 2.24) is 0 Å². The second-order valence-electron chi connectivity index (χ2n) is 7.59. The highest BCUT2D eigenvalue weighted by molar-refractivity contribution is 9.10. The molecule has 1 aliphatic heterocycles. The SMILES string of the molecule is O=C1/C(=C\c2c(OCc3ccccc3)ccc3ccccc23)SC(=S)N1c1ccc(Br)c(Cl)c1. The second kappa shape index (κ2) is 9.92. The van der Waals surface area contributed by atoms with Crippen molar-refractivity contribution in [2.24, 2.45) is 0 Å². The summed E-state index contributed by atoms with van der Waals surface area (Å²) in [6.45, 7) is 0.429. The van der Waals surface area contributed by atoms with E-state index in [0.717, 1.165) is 26.4 Å². The first-order chi connectivity index (χ1) is 16.5. The molecule has 1 aliphatic rings. The highest BCUT2D eigenvalue weighted by Crippen LogP contribution is 2.40. The molecule has 1 amide bonds. The summed E-state index contributed by atoms with van der Waals surface area (Å²) in [5.74, 6) is 0.523. The number of benzene rings is 4. The van der Waals surface area contributed by atoms with Crippen LogP contribution in [0.5, 0.6) is 5.75 Å². The Labute approximate surface area is 220 Å². The predicted octanol–water partition coefficient (Wildman–Crippen LogP) is 8.24. The smallest absolute Gasteiger partial charge is 0.270 e. The number of ether oxygens (including phenoxy) is 1. The van der Waals surface area contributed by atoms with Crippen LogP contribution in [0, 0.1) is 0 Å². The molecule has 0 bridgehead atoms. The van der Waals surface area contributed by atoms with Crippen LogP contribution in [0.1, 0.15) is 11.1 Å². The fraction of sp³-hybridized carbons (Fsp3) is 0.0370. The molecule has 5 rings (SSSR count). The first-order valence-electron chi connectivity index (χ1n) is 10.4. The Kier molecular flexibility index (Phi) is 6.75. The van der Waals surface area contributed by atoms with Gasteiger partial charge >= 0.3 is 0 Å². The monoisotopic (exact) mass is 565 g/mol. The van der Waals surface area contributed by atoms with Gasteiger partial charge in [0.15, 0.2) is 4.32 Å². The standard InChI is InChI=1S/C27H17BrClNO2S2/c28-22-12-11-19(14-23(22)29)30-26(31)25(34-27(30)33)15-21-20-9-5-4-8-18(20)10-13-24(21)32-16-17-6-2-1-3-7-17/h1-15H,16H2/b25-15+. The number of thiocarbonyl (C=S) groups is 1. The van der Waals surface area contributed by atoms with E-state index in [1.165, 1.54) is 16.7 Å². The lowest BCUT2D eigenvalue weighted by atomic mass is 10.0. The molecule has 4 aromatic carbocycles. The van der Waals surface area contributed by atoms with E-state index in [1.807, 2.05) is 78.9 Å². The summed E-state index contributed by atoms with van der Waals surface area (Å²) in [6, 6.07) is 27.4. The molecule has 0 spiro atoms. The maximum atomic E-state index is 13.4. The van der Waals surface area contributed by atoms with Gasteiger partial charge in [-0.1, -0.05) is 96.2 Å². The van der Waals surface area contributed by atoms with E-state index < -0.39 is 0 Å². The fourth-order valence-corrected chi connectivity index (χ4v) is 5.43. The third-order valence-electron chi connectivity index (χ3n) is 5.40. The summed E-state index contributed by atoms with van der Waals surface area (Å²) < 4.78 is 7.43. The minimum absolute atomic E-state index is 0.185. The molecule has 0 saturated carbocycles. The summed E-state index contributed by atoms with van der Waals surface area (Å²) in [4.78, 5) is 15.4. The maximum absolute atomic E-state index is 13.4. The average molecular weight is 567 g/mol. The summed E-state index contributed by atoms with van der Waals surface area (Å²) >= 11 is 16.5. The molecule has 0 atom stereocenters. The van der Waals surface area contributed by atoms with Gasteiger partial charge in [0.1, 0.15) is 12.4 Å². The first kappa shape index (κ1) is 23.1. The zero-order chi connectivity index (χ0) is 23.7. The van der Waals surface area contributed by atoms with E-state index in [9.17, 15) is 4.79 Å². The molecule has 1 heterocycles. The Morgan fingerprint density at radius 1 is 1.00 bits per heavy atom. The van der Waals surface area contributed by atoms with E-state index in [-0.39, 0.29) is 5.91 Å². The summed E-state index contributed by atoms with van der Waals surface area (Å²) in [7, 11) is 0. The fourth-order valence-electron chi connectivity index (χ4n) is 3.73. The zero-order valence-electron chi connectivity index (χ0n) is 17.7. The van der Waals surface area contributed by atoms with Gasteiger partial charge in [0, 0.05) is 10.0 Å². The van der Waals surface area contributed by atoms with Gasteiger partial charge in [0.05, 0.1) is 15.6 Å². The van der Waals surface area contributed by atoms with Crippen LogP contribution >= 0.6 is 51.5 Å². The van der Waals surface area contributed by atoms with Crippen molar-refractivity contribution in [2.45, 2.75) is 6.61 Å². The van der Waals surface area contributed by atoms with Gasteiger partial charge in [-0.2, -0.15) is 0 Å². The number of nitrogens with zero attached hydrogens (tertiary/aromatic N) is 1. The topological polar surface area (TPSA) is 29.5 Å². The van der Waals surface area contributed by atoms with Gasteiger partial charge in [-0.05, 0) is 62.6 Å². The van der Waals surface area contributed by atoms with E-state index in [0.29, 0.717) is 32.3 Å². The lowest BCUT2D eigenvalue weighted by Crippen LogP contribution is -2.27. The molecule has 7 heteroatoms. The highest BCUT2D eigenvalue weighted by Gasteiger charge is 2.34. The Bertz CT molecular complexity index is 1460. The Hall–Kier alpha value is -2.64. The molecule has 0 unspecified atom stereocenters. The van der Waals surface area contributed by atoms with Crippen molar-refractivity contribution in [2.75, 3.05) is 4.90 Å². The predicted molar refractivity (Wildman–Crippen MR) is 150 cm³/mol. The van der Waals surface area contributed by atoms with Crippen molar-refractivity contribution < 1.29 is 9.53 Å². The molecule has 1 saturated heterocycles. The number of carbonyl (C=O) groups excluding carboxylic acids is 1. The molecular weight excluding hydrogens is 550 g/mol. The third-order valence-corrected chi connectivity index (χ3v) is 7.93. The minimum Gasteiger partial charge on any atom is -0.488 e. The van der Waals surface area contributed by atoms with E-state index in [2.05, 4.69) is 15.9 Å². The van der Waals surface area contributed by atoms with Crippen LogP contribution in [-0.4, -0.2) is 10.2 Å². The Balaban J connectivity index is 1.54. The largest absolute Gasteiger partial charge is 0.488 e. The Morgan fingerprint density at radius 3 is 2.56 bits per heavy atom. The van der Waals surface area contributed by atoms with Crippen LogP contribution in [0.25, 0.3) is 16.8 Å². The lowest BCUT2D eigenvalue weighted by molar-refractivity contribution is -0.113. The number of anilines is 1. The third kappa shape index (κ3) is 4.64. The van der Waals surface area contributed by atoms with Gasteiger partial charge < -0.3 is 4.74 Å². The van der Waals surface area contributed by atoms with Crippen molar-refractivity contribution >= 4 is 84.3 Å². The van der Waals surface area contributed by atoms with Crippen molar-refractivity contribution in [3.05, 3.63) is 110 Å². The number of thioether (sulfide) groups is 1. The molecule has 1 fully saturated rings. The Morgan fingerprint density at radius 2 is 1.76 bits per heavy atom.